The molecule has 1 saturated heterocycles. The van der Waals surface area contributed by atoms with E-state index in [1.807, 2.05) is 48.2 Å². The first kappa shape index (κ1) is 22.9. The van der Waals surface area contributed by atoms with Crippen LogP contribution in [0.25, 0.3) is 22.8 Å². The maximum Gasteiger partial charge on any atom is 0.256 e. The van der Waals surface area contributed by atoms with Crippen molar-refractivity contribution in [3.8, 4) is 16.9 Å². The molecule has 0 spiro atoms. The highest BCUT2D eigenvalue weighted by Crippen LogP contribution is 2.41. The Labute approximate surface area is 204 Å². The number of rotatable bonds is 4. The third-order valence-electron chi connectivity index (χ3n) is 6.96. The highest BCUT2D eigenvalue weighted by molar-refractivity contribution is 6.36. The van der Waals surface area contributed by atoms with Gasteiger partial charge in [0, 0.05) is 60.4 Å². The van der Waals surface area contributed by atoms with Crippen molar-refractivity contribution in [1.29, 1.82) is 0 Å². The van der Waals surface area contributed by atoms with Gasteiger partial charge in [0.05, 0.1) is 11.1 Å². The first-order valence-electron chi connectivity index (χ1n) is 12.1. The number of carbonyl (C=O) groups excluding carboxylic acids is 2. The number of nitrogens with one attached hydrogen (secondary N) is 3. The Bertz CT molecular complexity index is 1320. The van der Waals surface area contributed by atoms with Gasteiger partial charge in [-0.25, -0.2) is 0 Å². The van der Waals surface area contributed by atoms with Gasteiger partial charge in [-0.2, -0.15) is 0 Å². The van der Waals surface area contributed by atoms with Crippen molar-refractivity contribution in [2.45, 2.75) is 39.3 Å². The van der Waals surface area contributed by atoms with Gasteiger partial charge in [-0.05, 0) is 61.2 Å². The molecule has 35 heavy (non-hydrogen) atoms. The zero-order valence-corrected chi connectivity index (χ0v) is 20.2. The van der Waals surface area contributed by atoms with Crippen molar-refractivity contribution < 1.29 is 14.7 Å². The lowest BCUT2D eigenvalue weighted by atomic mass is 9.94. The summed E-state index contributed by atoms with van der Waals surface area (Å²) >= 11 is 0. The van der Waals surface area contributed by atoms with E-state index in [9.17, 15) is 9.59 Å². The van der Waals surface area contributed by atoms with Gasteiger partial charge >= 0.3 is 0 Å². The van der Waals surface area contributed by atoms with E-state index in [4.69, 9.17) is 5.11 Å². The molecule has 0 saturated carbocycles. The largest absolute Gasteiger partial charge is 0.593 e. The number of aromatic amines is 1. The summed E-state index contributed by atoms with van der Waals surface area (Å²) in [7, 11) is 0. The molecule has 2 aromatic carbocycles. The zero-order chi connectivity index (χ0) is 24.7. The lowest BCUT2D eigenvalue weighted by molar-refractivity contribution is -0.110. The minimum Gasteiger partial charge on any atom is -0.593 e. The van der Waals surface area contributed by atoms with E-state index >= 15 is 0 Å². The highest BCUT2D eigenvalue weighted by Gasteiger charge is 2.30. The zero-order valence-electron chi connectivity index (χ0n) is 20.2. The molecule has 180 valence electrons. The summed E-state index contributed by atoms with van der Waals surface area (Å²) in [5.74, 6) is 0.283. The van der Waals surface area contributed by atoms with Crippen molar-refractivity contribution in [3.63, 3.8) is 0 Å². The van der Waals surface area contributed by atoms with Crippen LogP contribution in [0.2, 0.25) is 0 Å². The van der Waals surface area contributed by atoms with Crippen LogP contribution in [0, 0.1) is 6.92 Å². The SMILES string of the molecule is CC[C@H]1CN(C(=O)c2c[nH]c(/C=C3\C(=O)Nc4cccc(-c5ccc([OH2+])cc5)c43)c2C)C[C@@H](C)N1. The van der Waals surface area contributed by atoms with E-state index in [0.717, 1.165) is 40.1 Å². The molecule has 2 atom stereocenters. The molecule has 2 amide bonds. The molecule has 5 rings (SSSR count). The summed E-state index contributed by atoms with van der Waals surface area (Å²) in [6.45, 7) is 7.52. The third kappa shape index (κ3) is 4.23. The van der Waals surface area contributed by atoms with Crippen LogP contribution >= 0.6 is 0 Å². The molecule has 1 aromatic heterocycles. The normalized spacial score (nSPS) is 20.7. The summed E-state index contributed by atoms with van der Waals surface area (Å²) in [6, 6.07) is 13.6. The molecule has 2 aliphatic rings. The van der Waals surface area contributed by atoms with Crippen LogP contribution in [-0.2, 0) is 4.79 Å². The maximum atomic E-state index is 13.4. The van der Waals surface area contributed by atoms with Crippen molar-refractivity contribution >= 4 is 29.2 Å². The molecule has 3 heterocycles. The Hall–Kier alpha value is -3.84. The molecule has 0 unspecified atom stereocenters. The van der Waals surface area contributed by atoms with Crippen LogP contribution in [0.5, 0.6) is 5.75 Å². The minimum absolute atomic E-state index is 0.0163. The van der Waals surface area contributed by atoms with E-state index in [0.29, 0.717) is 36.0 Å². The predicted octanol–water partition coefficient (Wildman–Crippen LogP) is 4.13. The van der Waals surface area contributed by atoms with Crippen molar-refractivity contribution in [2.75, 3.05) is 18.4 Å². The van der Waals surface area contributed by atoms with Crippen LogP contribution in [-0.4, -0.2) is 52.0 Å². The molecule has 0 bridgehead atoms. The highest BCUT2D eigenvalue weighted by atomic mass is 16.3. The number of anilines is 1. The maximum absolute atomic E-state index is 13.4. The fourth-order valence-electron chi connectivity index (χ4n) is 5.07. The number of hydrogen-bond acceptors (Lipinski definition) is 3. The van der Waals surface area contributed by atoms with E-state index in [-0.39, 0.29) is 17.9 Å². The molecule has 2 aliphatic heterocycles. The summed E-state index contributed by atoms with van der Waals surface area (Å²) in [6.07, 6.45) is 4.56. The molecule has 3 aromatic rings. The number of amides is 2. The number of hydrogen-bond donors (Lipinski definition) is 3. The Balaban J connectivity index is 1.50. The van der Waals surface area contributed by atoms with Gasteiger partial charge in [0.25, 0.3) is 17.6 Å². The topological polar surface area (TPSA) is 100 Å². The number of aromatic nitrogens is 1. The summed E-state index contributed by atoms with van der Waals surface area (Å²) in [4.78, 5) is 31.5. The van der Waals surface area contributed by atoms with E-state index in [1.165, 1.54) is 0 Å². The average molecular weight is 472 g/mol. The van der Waals surface area contributed by atoms with E-state index < -0.39 is 0 Å². The Morgan fingerprint density at radius 2 is 1.94 bits per heavy atom. The molecule has 7 nitrogen and oxygen atoms in total. The number of H-pyrrole nitrogens is 1. The van der Waals surface area contributed by atoms with Crippen molar-refractivity contribution in [2.24, 2.45) is 0 Å². The van der Waals surface area contributed by atoms with Crippen LogP contribution in [0.1, 0.15) is 47.4 Å². The van der Waals surface area contributed by atoms with Crippen molar-refractivity contribution in [1.82, 2.24) is 15.2 Å². The second kappa shape index (κ2) is 9.07. The lowest BCUT2D eigenvalue weighted by Crippen LogP contribution is -2.56. The number of fused-ring (bicyclic) bond motifs is 1. The molecule has 1 fully saturated rings. The Morgan fingerprint density at radius 3 is 2.69 bits per heavy atom. The molecule has 0 radical (unpaired) electrons. The Kier molecular flexibility index (Phi) is 5.94. The summed E-state index contributed by atoms with van der Waals surface area (Å²) < 4.78 is 0. The smallest absolute Gasteiger partial charge is 0.256 e. The summed E-state index contributed by atoms with van der Waals surface area (Å²) in [5, 5.41) is 14.3. The van der Waals surface area contributed by atoms with Gasteiger partial charge < -0.3 is 25.6 Å². The van der Waals surface area contributed by atoms with E-state index in [2.05, 4.69) is 29.5 Å². The molecule has 0 aliphatic carbocycles. The third-order valence-corrected chi connectivity index (χ3v) is 6.96. The van der Waals surface area contributed by atoms with E-state index in [1.54, 1.807) is 18.3 Å². The lowest BCUT2D eigenvalue weighted by Gasteiger charge is -2.37. The first-order valence-corrected chi connectivity index (χ1v) is 12.1. The van der Waals surface area contributed by atoms with Crippen molar-refractivity contribution in [3.05, 3.63) is 71.0 Å². The monoisotopic (exact) mass is 471 g/mol. The molecule has 5 N–H and O–H groups in total. The van der Waals surface area contributed by atoms with Gasteiger partial charge in [0.15, 0.2) is 0 Å². The number of carbonyl (C=O) groups is 2. The second-order valence-corrected chi connectivity index (χ2v) is 9.44. The fraction of sp³-hybridized carbons (Fsp3) is 0.286. The van der Waals surface area contributed by atoms with Gasteiger partial charge in [0.1, 0.15) is 0 Å². The van der Waals surface area contributed by atoms with Gasteiger partial charge in [-0.3, -0.25) is 9.59 Å². The number of piperazine rings is 1. The standard InChI is InChI=1S/C28H30N4O3/c1-4-19-15-32(14-16(2)30-19)28(35)23-13-29-25(17(23)3)12-22-26-21(18-8-10-20(33)11-9-18)6-5-7-24(26)31-27(22)34/h5-13,16,19,29-30,33H,4,14-15H2,1-3H3,(H,31,34)/p+1/b22-12-/t16-,19+/m1/s1. The van der Waals surface area contributed by atoms with Crippen LogP contribution in [0.3, 0.4) is 0 Å². The second-order valence-electron chi connectivity index (χ2n) is 9.44. The summed E-state index contributed by atoms with van der Waals surface area (Å²) in [5.41, 5.74) is 6.23. The molecular weight excluding hydrogens is 440 g/mol. The van der Waals surface area contributed by atoms with Gasteiger partial charge in [-0.1, -0.05) is 19.1 Å². The number of nitrogens with zero attached hydrogens (tertiary/aromatic N) is 1. The Morgan fingerprint density at radius 1 is 1.17 bits per heavy atom. The fourth-order valence-corrected chi connectivity index (χ4v) is 5.07. The average Bonchev–Trinajstić information content (AvgIpc) is 3.37. The first-order chi connectivity index (χ1) is 16.9. The van der Waals surface area contributed by atoms with Gasteiger partial charge in [-0.15, -0.1) is 0 Å². The van der Waals surface area contributed by atoms with Gasteiger partial charge in [0.2, 0.25) is 0 Å². The number of benzene rings is 2. The molecule has 7 heteroatoms. The quantitative estimate of drug-likeness (QED) is 0.394. The minimum atomic E-state index is -0.173. The predicted molar refractivity (Wildman–Crippen MR) is 140 cm³/mol. The van der Waals surface area contributed by atoms with Crippen LogP contribution < -0.4 is 10.6 Å². The molecular formula is C28H31N4O3+. The van der Waals surface area contributed by atoms with Crippen LogP contribution in [0.4, 0.5) is 5.69 Å². The van der Waals surface area contributed by atoms with Crippen LogP contribution in [0.15, 0.2) is 48.7 Å².